The molecule has 0 atom stereocenters. The Bertz CT molecular complexity index is 891. The third kappa shape index (κ3) is 2.84. The molecule has 0 aliphatic rings. The summed E-state index contributed by atoms with van der Waals surface area (Å²) >= 11 is 5.89. The summed E-state index contributed by atoms with van der Waals surface area (Å²) < 4.78 is 0. The van der Waals surface area contributed by atoms with Crippen LogP contribution in [0, 0.1) is 0 Å². The molecule has 22 heavy (non-hydrogen) atoms. The molecule has 0 bridgehead atoms. The molecule has 0 spiro atoms. The van der Waals surface area contributed by atoms with Gasteiger partial charge in [-0.2, -0.15) is 5.10 Å². The van der Waals surface area contributed by atoms with E-state index in [1.807, 2.05) is 30.3 Å². The Morgan fingerprint density at radius 1 is 1.18 bits per heavy atom. The van der Waals surface area contributed by atoms with Crippen molar-refractivity contribution in [1.29, 1.82) is 0 Å². The van der Waals surface area contributed by atoms with E-state index in [-0.39, 0.29) is 5.69 Å². The monoisotopic (exact) mass is 313 g/mol. The van der Waals surface area contributed by atoms with Crippen LogP contribution in [0.15, 0.2) is 53.3 Å². The van der Waals surface area contributed by atoms with Crippen LogP contribution in [-0.2, 0) is 6.54 Å². The van der Waals surface area contributed by atoms with Gasteiger partial charge >= 0.3 is 0 Å². The van der Waals surface area contributed by atoms with Gasteiger partial charge in [-0.1, -0.05) is 41.9 Å². The Hall–Kier alpha value is -2.66. The fourth-order valence-corrected chi connectivity index (χ4v) is 2.28. The van der Waals surface area contributed by atoms with Gasteiger partial charge in [-0.25, -0.2) is 0 Å². The summed E-state index contributed by atoms with van der Waals surface area (Å²) in [7, 11) is 0. The third-order valence-electron chi connectivity index (χ3n) is 3.24. The number of carbonyl (C=O) groups is 1. The number of aromatic nitrogens is 2. The van der Waals surface area contributed by atoms with Crippen LogP contribution in [0.4, 0.5) is 0 Å². The largest absolute Gasteiger partial charge is 0.346 e. The number of fused-ring (bicyclic) bond motifs is 1. The minimum Gasteiger partial charge on any atom is -0.346 e. The predicted molar refractivity (Wildman–Crippen MR) is 85.0 cm³/mol. The number of hydrogen-bond acceptors (Lipinski definition) is 3. The smallest absolute Gasteiger partial charge is 0.276 e. The molecule has 2 N–H and O–H groups in total. The molecule has 3 rings (SSSR count). The maximum Gasteiger partial charge on any atom is 0.276 e. The van der Waals surface area contributed by atoms with Gasteiger partial charge in [0.05, 0.1) is 10.9 Å². The van der Waals surface area contributed by atoms with E-state index in [1.54, 1.807) is 12.1 Å². The summed E-state index contributed by atoms with van der Waals surface area (Å²) in [6, 6.07) is 14.2. The summed E-state index contributed by atoms with van der Waals surface area (Å²) in [6.45, 7) is 0.328. The van der Waals surface area contributed by atoms with Crippen LogP contribution in [0.3, 0.4) is 0 Å². The maximum absolute atomic E-state index is 12.3. The van der Waals surface area contributed by atoms with Gasteiger partial charge < -0.3 is 5.32 Å². The zero-order valence-electron chi connectivity index (χ0n) is 11.5. The zero-order chi connectivity index (χ0) is 15.5. The topological polar surface area (TPSA) is 74.8 Å². The fourth-order valence-electron chi connectivity index (χ4n) is 2.11. The summed E-state index contributed by atoms with van der Waals surface area (Å²) in [5.41, 5.74) is 0.859. The minimum absolute atomic E-state index is 0.175. The molecule has 0 aliphatic carbocycles. The van der Waals surface area contributed by atoms with Crippen molar-refractivity contribution < 1.29 is 4.79 Å². The number of benzene rings is 2. The quantitative estimate of drug-likeness (QED) is 0.780. The Labute approximate surface area is 130 Å². The third-order valence-corrected chi connectivity index (χ3v) is 3.48. The Kier molecular flexibility index (Phi) is 3.89. The Balaban J connectivity index is 1.88. The van der Waals surface area contributed by atoms with Crippen molar-refractivity contribution in [2.24, 2.45) is 0 Å². The number of halogens is 1. The SMILES string of the molecule is O=C(NCc1ccccc1)c1n[nH]c2ccc(Cl)cc2c1=O. The molecule has 0 aliphatic heterocycles. The van der Waals surface area contributed by atoms with Crippen LogP contribution in [0.5, 0.6) is 0 Å². The number of rotatable bonds is 3. The Morgan fingerprint density at radius 3 is 2.73 bits per heavy atom. The molecule has 0 saturated heterocycles. The van der Waals surface area contributed by atoms with Crippen molar-refractivity contribution >= 4 is 28.4 Å². The predicted octanol–water partition coefficient (Wildman–Crippen LogP) is 2.51. The average molecular weight is 314 g/mol. The number of amides is 1. The van der Waals surface area contributed by atoms with E-state index in [9.17, 15) is 9.59 Å². The molecule has 1 aromatic heterocycles. The maximum atomic E-state index is 12.3. The molecule has 2 aromatic carbocycles. The number of aromatic amines is 1. The van der Waals surface area contributed by atoms with Crippen LogP contribution < -0.4 is 10.7 Å². The second-order valence-electron chi connectivity index (χ2n) is 4.76. The standard InChI is InChI=1S/C16H12ClN3O2/c17-11-6-7-13-12(8-11)15(21)14(20-19-13)16(22)18-9-10-4-2-1-3-5-10/h1-8H,9H2,(H,18,22)(H,19,21). The van der Waals surface area contributed by atoms with E-state index in [0.29, 0.717) is 22.5 Å². The van der Waals surface area contributed by atoms with Crippen molar-refractivity contribution in [2.45, 2.75) is 6.54 Å². The van der Waals surface area contributed by atoms with E-state index in [2.05, 4.69) is 15.5 Å². The van der Waals surface area contributed by atoms with E-state index in [0.717, 1.165) is 5.56 Å². The number of hydrogen-bond donors (Lipinski definition) is 2. The molecular weight excluding hydrogens is 302 g/mol. The van der Waals surface area contributed by atoms with Crippen molar-refractivity contribution in [3.8, 4) is 0 Å². The van der Waals surface area contributed by atoms with Gasteiger partial charge in [-0.3, -0.25) is 14.7 Å². The van der Waals surface area contributed by atoms with Crippen LogP contribution in [0.1, 0.15) is 16.1 Å². The molecule has 0 radical (unpaired) electrons. The summed E-state index contributed by atoms with van der Waals surface area (Å²) in [6.07, 6.45) is 0. The molecule has 0 saturated carbocycles. The normalized spacial score (nSPS) is 10.6. The number of nitrogens with one attached hydrogen (secondary N) is 2. The van der Waals surface area contributed by atoms with Gasteiger partial charge in [0.25, 0.3) is 5.91 Å². The van der Waals surface area contributed by atoms with E-state index < -0.39 is 11.3 Å². The fraction of sp³-hybridized carbons (Fsp3) is 0.0625. The Morgan fingerprint density at radius 2 is 1.95 bits per heavy atom. The first-order chi connectivity index (χ1) is 10.6. The van der Waals surface area contributed by atoms with Gasteiger partial charge in [-0.05, 0) is 23.8 Å². The van der Waals surface area contributed by atoms with Crippen molar-refractivity contribution in [3.63, 3.8) is 0 Å². The van der Waals surface area contributed by atoms with Gasteiger partial charge in [-0.15, -0.1) is 0 Å². The molecule has 0 unspecified atom stereocenters. The summed E-state index contributed by atoms with van der Waals surface area (Å²) in [5, 5.41) is 10.0. The molecular formula is C16H12ClN3O2. The zero-order valence-corrected chi connectivity index (χ0v) is 12.2. The van der Waals surface area contributed by atoms with Crippen LogP contribution in [0.25, 0.3) is 10.9 Å². The summed E-state index contributed by atoms with van der Waals surface area (Å²) in [4.78, 5) is 24.5. The highest BCUT2D eigenvalue weighted by molar-refractivity contribution is 6.31. The molecule has 1 amide bonds. The molecule has 3 aromatic rings. The first kappa shape index (κ1) is 14.3. The molecule has 6 heteroatoms. The second-order valence-corrected chi connectivity index (χ2v) is 5.20. The summed E-state index contributed by atoms with van der Waals surface area (Å²) in [5.74, 6) is -0.521. The average Bonchev–Trinajstić information content (AvgIpc) is 2.54. The lowest BCUT2D eigenvalue weighted by molar-refractivity contribution is 0.0944. The lowest BCUT2D eigenvalue weighted by Crippen LogP contribution is -2.30. The number of nitrogens with zero attached hydrogens (tertiary/aromatic N) is 1. The minimum atomic E-state index is -0.521. The van der Waals surface area contributed by atoms with Crippen LogP contribution in [0.2, 0.25) is 5.02 Å². The molecule has 5 nitrogen and oxygen atoms in total. The van der Waals surface area contributed by atoms with E-state index in [1.165, 1.54) is 6.07 Å². The van der Waals surface area contributed by atoms with Crippen LogP contribution >= 0.6 is 11.6 Å². The van der Waals surface area contributed by atoms with Gasteiger partial charge in [0.1, 0.15) is 0 Å². The van der Waals surface area contributed by atoms with Gasteiger partial charge in [0.15, 0.2) is 5.69 Å². The molecule has 1 heterocycles. The van der Waals surface area contributed by atoms with Crippen LogP contribution in [-0.4, -0.2) is 16.1 Å². The highest BCUT2D eigenvalue weighted by atomic mass is 35.5. The van der Waals surface area contributed by atoms with E-state index in [4.69, 9.17) is 11.6 Å². The van der Waals surface area contributed by atoms with Gasteiger partial charge in [0.2, 0.25) is 5.43 Å². The number of carbonyl (C=O) groups excluding carboxylic acids is 1. The lowest BCUT2D eigenvalue weighted by Gasteiger charge is -2.05. The van der Waals surface area contributed by atoms with Crippen molar-refractivity contribution in [2.75, 3.05) is 0 Å². The highest BCUT2D eigenvalue weighted by Crippen LogP contribution is 2.14. The first-order valence-corrected chi connectivity index (χ1v) is 7.03. The molecule has 0 fully saturated rings. The van der Waals surface area contributed by atoms with Crippen molar-refractivity contribution in [1.82, 2.24) is 15.5 Å². The first-order valence-electron chi connectivity index (χ1n) is 6.65. The molecule has 110 valence electrons. The number of H-pyrrole nitrogens is 1. The van der Waals surface area contributed by atoms with Crippen molar-refractivity contribution in [3.05, 3.63) is 75.0 Å². The van der Waals surface area contributed by atoms with Gasteiger partial charge in [0, 0.05) is 11.6 Å². The second kappa shape index (κ2) is 5.99. The highest BCUT2D eigenvalue weighted by Gasteiger charge is 2.14. The van der Waals surface area contributed by atoms with E-state index >= 15 is 0 Å². The lowest BCUT2D eigenvalue weighted by atomic mass is 10.2.